The molecule has 6 heteroatoms. The van der Waals surface area contributed by atoms with Gasteiger partial charge in [0.05, 0.1) is 17.9 Å². The van der Waals surface area contributed by atoms with Gasteiger partial charge in [-0.05, 0) is 24.6 Å². The summed E-state index contributed by atoms with van der Waals surface area (Å²) in [5.41, 5.74) is 1.53. The number of aromatic carboxylic acids is 1. The van der Waals surface area contributed by atoms with Crippen molar-refractivity contribution in [3.05, 3.63) is 29.3 Å². The SMILES string of the molecule is COCCSCC(=O)Nc1cc(C(=O)O)ccc1C. The molecule has 0 unspecified atom stereocenters. The largest absolute Gasteiger partial charge is 0.478 e. The first-order valence-electron chi connectivity index (χ1n) is 5.75. The maximum atomic E-state index is 11.7. The summed E-state index contributed by atoms with van der Waals surface area (Å²) in [6.45, 7) is 2.42. The number of ether oxygens (including phenoxy) is 1. The van der Waals surface area contributed by atoms with E-state index in [-0.39, 0.29) is 11.5 Å². The molecule has 1 amide bonds. The number of hydrogen-bond acceptors (Lipinski definition) is 4. The molecule has 0 saturated carbocycles. The Balaban J connectivity index is 2.58. The van der Waals surface area contributed by atoms with Crippen LogP contribution in [0.1, 0.15) is 15.9 Å². The maximum Gasteiger partial charge on any atom is 0.335 e. The van der Waals surface area contributed by atoms with Crippen molar-refractivity contribution in [3.8, 4) is 0 Å². The van der Waals surface area contributed by atoms with Crippen molar-refractivity contribution in [2.24, 2.45) is 0 Å². The number of carboxylic acids is 1. The quantitative estimate of drug-likeness (QED) is 0.749. The Hall–Kier alpha value is -1.53. The number of aryl methyl sites for hydroxylation is 1. The lowest BCUT2D eigenvalue weighted by atomic mass is 10.1. The zero-order valence-corrected chi connectivity index (χ0v) is 11.8. The van der Waals surface area contributed by atoms with Gasteiger partial charge in [0.1, 0.15) is 0 Å². The van der Waals surface area contributed by atoms with Gasteiger partial charge >= 0.3 is 5.97 Å². The van der Waals surface area contributed by atoms with Gasteiger partial charge in [-0.1, -0.05) is 6.07 Å². The summed E-state index contributed by atoms with van der Waals surface area (Å²) in [5.74, 6) is -0.0882. The van der Waals surface area contributed by atoms with Crippen molar-refractivity contribution in [3.63, 3.8) is 0 Å². The Labute approximate surface area is 116 Å². The van der Waals surface area contributed by atoms with E-state index < -0.39 is 5.97 Å². The maximum absolute atomic E-state index is 11.7. The molecule has 0 spiro atoms. The molecule has 0 saturated heterocycles. The van der Waals surface area contributed by atoms with Gasteiger partial charge in [-0.3, -0.25) is 4.79 Å². The van der Waals surface area contributed by atoms with Crippen molar-refractivity contribution in [1.29, 1.82) is 0 Å². The number of methoxy groups -OCH3 is 1. The number of carbonyl (C=O) groups excluding carboxylic acids is 1. The van der Waals surface area contributed by atoms with E-state index in [1.807, 2.05) is 6.92 Å². The smallest absolute Gasteiger partial charge is 0.335 e. The summed E-state index contributed by atoms with van der Waals surface area (Å²) in [5, 5.41) is 11.6. The molecule has 0 bridgehead atoms. The van der Waals surface area contributed by atoms with Crippen LogP contribution in [0.5, 0.6) is 0 Å². The molecule has 0 aliphatic rings. The van der Waals surface area contributed by atoms with Gasteiger partial charge in [0.2, 0.25) is 5.91 Å². The van der Waals surface area contributed by atoms with Crippen LogP contribution in [0.2, 0.25) is 0 Å². The van der Waals surface area contributed by atoms with E-state index in [1.165, 1.54) is 23.9 Å². The Morgan fingerprint density at radius 3 is 2.79 bits per heavy atom. The normalized spacial score (nSPS) is 10.2. The molecule has 5 nitrogen and oxygen atoms in total. The van der Waals surface area contributed by atoms with Crippen molar-refractivity contribution in [1.82, 2.24) is 0 Å². The van der Waals surface area contributed by atoms with Crippen LogP contribution in [0.25, 0.3) is 0 Å². The second-order valence-corrected chi connectivity index (χ2v) is 5.03. The highest BCUT2D eigenvalue weighted by molar-refractivity contribution is 7.99. The summed E-state index contributed by atoms with van der Waals surface area (Å²) < 4.78 is 4.89. The van der Waals surface area contributed by atoms with E-state index in [9.17, 15) is 9.59 Å². The van der Waals surface area contributed by atoms with Crippen LogP contribution < -0.4 is 5.32 Å². The molecule has 0 aromatic heterocycles. The number of carboxylic acid groups (broad SMARTS) is 1. The van der Waals surface area contributed by atoms with Crippen LogP contribution in [0, 0.1) is 6.92 Å². The van der Waals surface area contributed by atoms with Gasteiger partial charge in [-0.2, -0.15) is 0 Å². The van der Waals surface area contributed by atoms with Gasteiger partial charge in [0, 0.05) is 18.6 Å². The van der Waals surface area contributed by atoms with E-state index in [2.05, 4.69) is 5.32 Å². The van der Waals surface area contributed by atoms with E-state index >= 15 is 0 Å². The number of rotatable bonds is 7. The standard InChI is InChI=1S/C13H17NO4S/c1-9-3-4-10(13(16)17)7-11(9)14-12(15)8-19-6-5-18-2/h3-4,7H,5-6,8H2,1-2H3,(H,14,15)(H,16,17). The summed E-state index contributed by atoms with van der Waals surface area (Å²) in [6.07, 6.45) is 0. The fraction of sp³-hybridized carbons (Fsp3) is 0.385. The number of anilines is 1. The molecule has 19 heavy (non-hydrogen) atoms. The minimum Gasteiger partial charge on any atom is -0.478 e. The fourth-order valence-electron chi connectivity index (χ4n) is 1.38. The molecular formula is C13H17NO4S. The van der Waals surface area contributed by atoms with Gasteiger partial charge < -0.3 is 15.2 Å². The molecule has 0 aliphatic heterocycles. The molecule has 0 aliphatic carbocycles. The zero-order chi connectivity index (χ0) is 14.3. The summed E-state index contributed by atoms with van der Waals surface area (Å²) in [6, 6.07) is 4.66. The number of hydrogen-bond donors (Lipinski definition) is 2. The second-order valence-electron chi connectivity index (χ2n) is 3.93. The van der Waals surface area contributed by atoms with Gasteiger partial charge in [-0.25, -0.2) is 4.79 Å². The molecule has 0 radical (unpaired) electrons. The first-order valence-corrected chi connectivity index (χ1v) is 6.90. The highest BCUT2D eigenvalue weighted by Crippen LogP contribution is 2.17. The number of benzene rings is 1. The van der Waals surface area contributed by atoms with E-state index in [4.69, 9.17) is 9.84 Å². The molecular weight excluding hydrogens is 266 g/mol. The van der Waals surface area contributed by atoms with E-state index in [0.717, 1.165) is 11.3 Å². The lowest BCUT2D eigenvalue weighted by Gasteiger charge is -2.09. The van der Waals surface area contributed by atoms with Crippen LogP contribution in [0.4, 0.5) is 5.69 Å². The van der Waals surface area contributed by atoms with Gasteiger partial charge in [0.25, 0.3) is 0 Å². The first kappa shape index (κ1) is 15.5. The van der Waals surface area contributed by atoms with Crippen LogP contribution in [-0.2, 0) is 9.53 Å². The first-order chi connectivity index (χ1) is 9.04. The predicted octanol–water partition coefficient (Wildman–Crippen LogP) is 2.01. The predicted molar refractivity (Wildman–Crippen MR) is 76.0 cm³/mol. The third-order valence-electron chi connectivity index (χ3n) is 2.42. The molecule has 0 atom stereocenters. The van der Waals surface area contributed by atoms with Crippen LogP contribution in [0.3, 0.4) is 0 Å². The summed E-state index contributed by atoms with van der Waals surface area (Å²) in [7, 11) is 1.61. The second kappa shape index (κ2) is 7.81. The Kier molecular flexibility index (Phi) is 6.38. The lowest BCUT2D eigenvalue weighted by Crippen LogP contribution is -2.16. The van der Waals surface area contributed by atoms with Crippen molar-refractivity contribution >= 4 is 29.3 Å². The number of thioether (sulfide) groups is 1. The van der Waals surface area contributed by atoms with Crippen LogP contribution >= 0.6 is 11.8 Å². The molecule has 104 valence electrons. The highest BCUT2D eigenvalue weighted by Gasteiger charge is 2.09. The van der Waals surface area contributed by atoms with Gasteiger partial charge in [0.15, 0.2) is 0 Å². The van der Waals surface area contributed by atoms with Crippen molar-refractivity contribution < 1.29 is 19.4 Å². The zero-order valence-electron chi connectivity index (χ0n) is 10.9. The highest BCUT2D eigenvalue weighted by atomic mass is 32.2. The summed E-state index contributed by atoms with van der Waals surface area (Å²) >= 11 is 1.47. The molecule has 1 aromatic rings. The molecule has 0 heterocycles. The topological polar surface area (TPSA) is 75.6 Å². The Morgan fingerprint density at radius 2 is 2.16 bits per heavy atom. The van der Waals surface area contributed by atoms with E-state index in [0.29, 0.717) is 18.0 Å². The van der Waals surface area contributed by atoms with Gasteiger partial charge in [-0.15, -0.1) is 11.8 Å². The van der Waals surface area contributed by atoms with Crippen molar-refractivity contribution in [2.45, 2.75) is 6.92 Å². The third-order valence-corrected chi connectivity index (χ3v) is 3.35. The third kappa shape index (κ3) is 5.32. The molecule has 1 rings (SSSR count). The summed E-state index contributed by atoms with van der Waals surface area (Å²) in [4.78, 5) is 22.6. The average Bonchev–Trinajstić information content (AvgIpc) is 2.37. The lowest BCUT2D eigenvalue weighted by molar-refractivity contribution is -0.113. The Morgan fingerprint density at radius 1 is 1.42 bits per heavy atom. The number of amides is 1. The fourth-order valence-corrected chi connectivity index (χ4v) is 2.07. The number of carbonyl (C=O) groups is 2. The van der Waals surface area contributed by atoms with Crippen molar-refractivity contribution in [2.75, 3.05) is 30.5 Å². The average molecular weight is 283 g/mol. The number of nitrogens with one attached hydrogen (secondary N) is 1. The van der Waals surface area contributed by atoms with Crippen LogP contribution in [0.15, 0.2) is 18.2 Å². The molecule has 2 N–H and O–H groups in total. The minimum absolute atomic E-state index is 0.147. The van der Waals surface area contributed by atoms with Crippen LogP contribution in [-0.4, -0.2) is 42.2 Å². The minimum atomic E-state index is -1.01. The Bertz CT molecular complexity index is 462. The monoisotopic (exact) mass is 283 g/mol. The van der Waals surface area contributed by atoms with E-state index in [1.54, 1.807) is 13.2 Å². The molecule has 1 aromatic carbocycles. The molecule has 0 fully saturated rings.